The van der Waals surface area contributed by atoms with Gasteiger partial charge in [-0.1, -0.05) is 39.0 Å². The zero-order valence-corrected chi connectivity index (χ0v) is 9.87. The molecule has 16 heavy (non-hydrogen) atoms. The van der Waals surface area contributed by atoms with Crippen molar-refractivity contribution in [2.45, 2.75) is 51.9 Å². The molecule has 0 radical (unpaired) electrons. The molecule has 0 aliphatic heterocycles. The van der Waals surface area contributed by atoms with Crippen molar-refractivity contribution < 1.29 is 14.7 Å². The maximum Gasteiger partial charge on any atom is 0.331 e. The number of aliphatic carboxylic acids is 1. The van der Waals surface area contributed by atoms with E-state index in [9.17, 15) is 9.59 Å². The van der Waals surface area contributed by atoms with Crippen LogP contribution in [0.4, 0.5) is 0 Å². The Kier molecular flexibility index (Phi) is 8.21. The summed E-state index contributed by atoms with van der Waals surface area (Å²) in [6.45, 7) is 2.15. The first kappa shape index (κ1) is 14.7. The van der Waals surface area contributed by atoms with Crippen LogP contribution in [0.3, 0.4) is 0 Å². The number of hydrogen-bond donors (Lipinski definition) is 2. The third-order valence-corrected chi connectivity index (χ3v) is 2.39. The van der Waals surface area contributed by atoms with Crippen LogP contribution >= 0.6 is 0 Å². The van der Waals surface area contributed by atoms with Crippen molar-refractivity contribution in [2.75, 3.05) is 0 Å². The molecule has 4 nitrogen and oxygen atoms in total. The van der Waals surface area contributed by atoms with Crippen molar-refractivity contribution >= 4 is 11.9 Å². The number of primary amides is 1. The average molecular weight is 227 g/mol. The number of carboxylic acid groups (broad SMARTS) is 1. The first-order valence-corrected chi connectivity index (χ1v) is 5.81. The summed E-state index contributed by atoms with van der Waals surface area (Å²) < 4.78 is 0. The van der Waals surface area contributed by atoms with E-state index < -0.39 is 11.9 Å². The largest absolute Gasteiger partial charge is 0.478 e. The van der Waals surface area contributed by atoms with Crippen LogP contribution in [0, 0.1) is 0 Å². The third kappa shape index (κ3) is 8.03. The van der Waals surface area contributed by atoms with Crippen molar-refractivity contribution in [3.05, 3.63) is 11.6 Å². The fourth-order valence-electron chi connectivity index (χ4n) is 1.51. The molecule has 0 spiro atoms. The highest BCUT2D eigenvalue weighted by Gasteiger charge is 2.07. The molecular weight excluding hydrogens is 206 g/mol. The van der Waals surface area contributed by atoms with Crippen molar-refractivity contribution in [2.24, 2.45) is 5.73 Å². The molecule has 0 aliphatic carbocycles. The molecule has 0 saturated heterocycles. The van der Waals surface area contributed by atoms with Gasteiger partial charge >= 0.3 is 5.97 Å². The van der Waals surface area contributed by atoms with E-state index in [2.05, 4.69) is 6.92 Å². The fourth-order valence-corrected chi connectivity index (χ4v) is 1.51. The molecule has 0 aromatic rings. The Bertz CT molecular complexity index is 259. The lowest BCUT2D eigenvalue weighted by Crippen LogP contribution is -2.11. The van der Waals surface area contributed by atoms with Crippen LogP contribution in [-0.2, 0) is 9.59 Å². The van der Waals surface area contributed by atoms with Gasteiger partial charge in [0.15, 0.2) is 0 Å². The number of nitrogens with two attached hydrogens (primary N) is 1. The van der Waals surface area contributed by atoms with Gasteiger partial charge in [-0.05, 0) is 12.8 Å². The first-order chi connectivity index (χ1) is 7.57. The Hall–Kier alpha value is -1.32. The Labute approximate surface area is 96.5 Å². The normalized spacial score (nSPS) is 11.4. The summed E-state index contributed by atoms with van der Waals surface area (Å²) in [6, 6.07) is 0. The van der Waals surface area contributed by atoms with E-state index in [-0.39, 0.29) is 5.57 Å². The maximum atomic E-state index is 10.7. The summed E-state index contributed by atoms with van der Waals surface area (Å²) in [5, 5.41) is 8.79. The highest BCUT2D eigenvalue weighted by molar-refractivity contribution is 5.96. The second-order valence-electron chi connectivity index (χ2n) is 3.89. The minimum atomic E-state index is -1.05. The van der Waals surface area contributed by atoms with Crippen LogP contribution in [-0.4, -0.2) is 17.0 Å². The maximum absolute atomic E-state index is 10.7. The molecule has 0 aromatic carbocycles. The molecule has 1 amide bonds. The molecule has 0 aliphatic rings. The zero-order chi connectivity index (χ0) is 12.4. The SMILES string of the molecule is CCCCCCCC/C(=C/C(N)=O)C(=O)O. The van der Waals surface area contributed by atoms with Gasteiger partial charge in [0, 0.05) is 11.6 Å². The van der Waals surface area contributed by atoms with Crippen molar-refractivity contribution in [1.82, 2.24) is 0 Å². The quantitative estimate of drug-likeness (QED) is 0.468. The fraction of sp³-hybridized carbons (Fsp3) is 0.667. The number of carbonyl (C=O) groups is 2. The molecule has 0 unspecified atom stereocenters. The van der Waals surface area contributed by atoms with E-state index in [0.717, 1.165) is 25.3 Å². The van der Waals surface area contributed by atoms with E-state index in [1.165, 1.54) is 19.3 Å². The standard InChI is InChI=1S/C12H21NO3/c1-2-3-4-5-6-7-8-10(12(15)16)9-11(13)14/h9H,2-8H2,1H3,(H2,13,14)(H,15,16)/b10-9-. The monoisotopic (exact) mass is 227 g/mol. The first-order valence-electron chi connectivity index (χ1n) is 5.81. The summed E-state index contributed by atoms with van der Waals surface area (Å²) in [5.74, 6) is -1.74. The van der Waals surface area contributed by atoms with Crippen LogP contribution in [0.5, 0.6) is 0 Å². The third-order valence-electron chi connectivity index (χ3n) is 2.39. The highest BCUT2D eigenvalue weighted by atomic mass is 16.4. The number of hydrogen-bond acceptors (Lipinski definition) is 2. The predicted molar refractivity (Wildman–Crippen MR) is 62.9 cm³/mol. The van der Waals surface area contributed by atoms with Gasteiger partial charge in [-0.3, -0.25) is 4.79 Å². The summed E-state index contributed by atoms with van der Waals surface area (Å²) in [6.07, 6.45) is 7.97. The second-order valence-corrected chi connectivity index (χ2v) is 3.89. The van der Waals surface area contributed by atoms with E-state index in [1.54, 1.807) is 0 Å². The molecule has 0 atom stereocenters. The molecule has 0 rings (SSSR count). The van der Waals surface area contributed by atoms with Gasteiger partial charge in [0.05, 0.1) is 0 Å². The van der Waals surface area contributed by atoms with Crippen LogP contribution in [0.1, 0.15) is 51.9 Å². The van der Waals surface area contributed by atoms with Crippen molar-refractivity contribution in [3.63, 3.8) is 0 Å². The smallest absolute Gasteiger partial charge is 0.331 e. The van der Waals surface area contributed by atoms with Gasteiger partial charge in [-0.15, -0.1) is 0 Å². The average Bonchev–Trinajstić information content (AvgIpc) is 2.20. The summed E-state index contributed by atoms with van der Waals surface area (Å²) in [7, 11) is 0. The van der Waals surface area contributed by atoms with Gasteiger partial charge in [0.25, 0.3) is 0 Å². The van der Waals surface area contributed by atoms with E-state index >= 15 is 0 Å². The molecule has 0 bridgehead atoms. The highest BCUT2D eigenvalue weighted by Crippen LogP contribution is 2.11. The zero-order valence-electron chi connectivity index (χ0n) is 9.87. The molecule has 0 heterocycles. The number of carbonyl (C=O) groups excluding carboxylic acids is 1. The van der Waals surface area contributed by atoms with Gasteiger partial charge in [0.1, 0.15) is 0 Å². The van der Waals surface area contributed by atoms with Crippen LogP contribution in [0.15, 0.2) is 11.6 Å². The van der Waals surface area contributed by atoms with Gasteiger partial charge in [-0.2, -0.15) is 0 Å². The van der Waals surface area contributed by atoms with Crippen molar-refractivity contribution in [3.8, 4) is 0 Å². The van der Waals surface area contributed by atoms with Gasteiger partial charge in [0.2, 0.25) is 5.91 Å². The van der Waals surface area contributed by atoms with E-state index in [0.29, 0.717) is 6.42 Å². The van der Waals surface area contributed by atoms with E-state index in [1.807, 2.05) is 0 Å². The Morgan fingerprint density at radius 2 is 1.69 bits per heavy atom. The number of carboxylic acids is 1. The number of rotatable bonds is 9. The molecule has 0 fully saturated rings. The second kappa shape index (κ2) is 8.95. The van der Waals surface area contributed by atoms with Crippen LogP contribution < -0.4 is 5.73 Å². The number of amides is 1. The minimum absolute atomic E-state index is 0.114. The molecule has 0 saturated carbocycles. The van der Waals surface area contributed by atoms with Crippen molar-refractivity contribution in [1.29, 1.82) is 0 Å². The van der Waals surface area contributed by atoms with Crippen LogP contribution in [0.25, 0.3) is 0 Å². The van der Waals surface area contributed by atoms with Crippen LogP contribution in [0.2, 0.25) is 0 Å². The Balaban J connectivity index is 3.78. The summed E-state index contributed by atoms with van der Waals surface area (Å²) >= 11 is 0. The lowest BCUT2D eigenvalue weighted by molar-refractivity contribution is -0.133. The van der Waals surface area contributed by atoms with Gasteiger partial charge in [-0.25, -0.2) is 4.79 Å². The predicted octanol–water partition coefficient (Wildman–Crippen LogP) is 2.23. The summed E-state index contributed by atoms with van der Waals surface area (Å²) in [5.41, 5.74) is 5.04. The Morgan fingerprint density at radius 3 is 2.19 bits per heavy atom. The molecular formula is C12H21NO3. The molecule has 0 aromatic heterocycles. The molecule has 4 heteroatoms. The minimum Gasteiger partial charge on any atom is -0.478 e. The topological polar surface area (TPSA) is 80.4 Å². The van der Waals surface area contributed by atoms with Gasteiger partial charge < -0.3 is 10.8 Å². The molecule has 3 N–H and O–H groups in total. The number of unbranched alkanes of at least 4 members (excludes halogenated alkanes) is 5. The lowest BCUT2D eigenvalue weighted by Gasteiger charge is -2.02. The van der Waals surface area contributed by atoms with E-state index in [4.69, 9.17) is 10.8 Å². The lowest BCUT2D eigenvalue weighted by atomic mass is 10.0. The summed E-state index contributed by atoms with van der Waals surface area (Å²) in [4.78, 5) is 21.3. The Morgan fingerprint density at radius 1 is 1.12 bits per heavy atom. The molecule has 92 valence electrons.